The molecule has 0 saturated heterocycles. The monoisotopic (exact) mass is 300 g/mol. The van der Waals surface area contributed by atoms with Crippen LogP contribution in [0.3, 0.4) is 0 Å². The quantitative estimate of drug-likeness (QED) is 0.697. The lowest BCUT2D eigenvalue weighted by molar-refractivity contribution is 0.0473. The summed E-state index contributed by atoms with van der Waals surface area (Å²) >= 11 is 1.31. The maximum atomic E-state index is 12.0. The van der Waals surface area contributed by atoms with Crippen molar-refractivity contribution in [3.05, 3.63) is 68.4 Å². The summed E-state index contributed by atoms with van der Waals surface area (Å²) in [5.41, 5.74) is 1.72. The van der Waals surface area contributed by atoms with E-state index < -0.39 is 5.97 Å². The van der Waals surface area contributed by atoms with Crippen LogP contribution in [0.15, 0.2) is 46.7 Å². The van der Waals surface area contributed by atoms with E-state index in [1.807, 2.05) is 13.0 Å². The summed E-state index contributed by atoms with van der Waals surface area (Å²) in [4.78, 5) is 28.7. The summed E-state index contributed by atoms with van der Waals surface area (Å²) in [7, 11) is 0. The summed E-state index contributed by atoms with van der Waals surface area (Å²) in [6, 6.07) is 8.53. The van der Waals surface area contributed by atoms with Gasteiger partial charge in [0.15, 0.2) is 0 Å². The highest BCUT2D eigenvalue weighted by molar-refractivity contribution is 7.11. The number of esters is 1. The van der Waals surface area contributed by atoms with Crippen molar-refractivity contribution in [2.24, 2.45) is 0 Å². The predicted molar refractivity (Wildman–Crippen MR) is 79.6 cm³/mol. The van der Waals surface area contributed by atoms with Crippen LogP contribution in [0.4, 0.5) is 0 Å². The van der Waals surface area contributed by atoms with E-state index in [9.17, 15) is 9.59 Å². The Hall–Kier alpha value is -2.47. The number of hydrogen-bond acceptors (Lipinski definition) is 5. The number of carbonyl (C=O) groups excluding carboxylic acids is 1. The van der Waals surface area contributed by atoms with Crippen LogP contribution < -0.4 is 5.56 Å². The second-order valence-electron chi connectivity index (χ2n) is 4.52. The Labute approximate surface area is 124 Å². The van der Waals surface area contributed by atoms with E-state index >= 15 is 0 Å². The fourth-order valence-corrected chi connectivity index (χ4v) is 2.60. The smallest absolute Gasteiger partial charge is 0.348 e. The molecule has 0 atom stereocenters. The summed E-state index contributed by atoms with van der Waals surface area (Å²) < 4.78 is 6.65. The van der Waals surface area contributed by atoms with E-state index in [0.29, 0.717) is 16.2 Å². The minimum absolute atomic E-state index is 0.0171. The molecule has 106 valence electrons. The van der Waals surface area contributed by atoms with Gasteiger partial charge in [0, 0.05) is 12.3 Å². The van der Waals surface area contributed by atoms with Gasteiger partial charge in [-0.05, 0) is 30.0 Å². The molecule has 0 spiro atoms. The molecule has 3 rings (SSSR count). The minimum atomic E-state index is -0.406. The van der Waals surface area contributed by atoms with Gasteiger partial charge in [-0.3, -0.25) is 9.20 Å². The molecule has 5 nitrogen and oxygen atoms in total. The molecule has 3 aromatic heterocycles. The lowest BCUT2D eigenvalue weighted by Crippen LogP contribution is -2.17. The Morgan fingerprint density at radius 1 is 1.38 bits per heavy atom. The molecule has 21 heavy (non-hydrogen) atoms. The van der Waals surface area contributed by atoms with Crippen LogP contribution in [-0.4, -0.2) is 15.4 Å². The van der Waals surface area contributed by atoms with Gasteiger partial charge in [-0.25, -0.2) is 9.78 Å². The van der Waals surface area contributed by atoms with Crippen LogP contribution >= 0.6 is 11.3 Å². The summed E-state index contributed by atoms with van der Waals surface area (Å²) in [5.74, 6) is -0.406. The molecular formula is C15H12N2O3S. The Balaban J connectivity index is 1.86. The molecule has 0 aliphatic heterocycles. The van der Waals surface area contributed by atoms with E-state index in [0.717, 1.165) is 5.56 Å². The fraction of sp³-hybridized carbons (Fsp3) is 0.133. The lowest BCUT2D eigenvalue weighted by Gasteiger charge is -2.06. The van der Waals surface area contributed by atoms with Crippen molar-refractivity contribution >= 4 is 23.0 Å². The van der Waals surface area contributed by atoms with Crippen molar-refractivity contribution in [2.75, 3.05) is 0 Å². The Morgan fingerprint density at radius 2 is 2.24 bits per heavy atom. The third-order valence-corrected chi connectivity index (χ3v) is 3.86. The largest absolute Gasteiger partial charge is 0.455 e. The third-order valence-electron chi connectivity index (χ3n) is 3.01. The number of hydrogen-bond donors (Lipinski definition) is 0. The molecule has 0 aromatic carbocycles. The molecule has 0 N–H and O–H groups in total. The first-order valence-corrected chi connectivity index (χ1v) is 7.21. The van der Waals surface area contributed by atoms with E-state index in [1.165, 1.54) is 21.8 Å². The summed E-state index contributed by atoms with van der Waals surface area (Å²) in [6.07, 6.45) is 1.67. The van der Waals surface area contributed by atoms with E-state index in [2.05, 4.69) is 4.98 Å². The zero-order valence-electron chi connectivity index (χ0n) is 11.3. The first-order chi connectivity index (χ1) is 10.1. The molecular weight excluding hydrogens is 288 g/mol. The minimum Gasteiger partial charge on any atom is -0.455 e. The van der Waals surface area contributed by atoms with Gasteiger partial charge in [0.1, 0.15) is 17.1 Å². The number of aryl methyl sites for hydroxylation is 1. The topological polar surface area (TPSA) is 60.7 Å². The Morgan fingerprint density at radius 3 is 3.00 bits per heavy atom. The molecule has 3 heterocycles. The number of rotatable bonds is 3. The SMILES string of the molecule is Cc1cccn2c(=O)cc(COC(=O)c3cccs3)nc12. The van der Waals surface area contributed by atoms with Crippen LogP contribution in [0.2, 0.25) is 0 Å². The molecule has 3 aromatic rings. The Bertz CT molecular complexity index is 853. The van der Waals surface area contributed by atoms with Crippen molar-refractivity contribution in [1.82, 2.24) is 9.38 Å². The number of fused-ring (bicyclic) bond motifs is 1. The first-order valence-electron chi connectivity index (χ1n) is 6.34. The molecule has 0 amide bonds. The highest BCUT2D eigenvalue weighted by Crippen LogP contribution is 2.11. The number of aromatic nitrogens is 2. The van der Waals surface area contributed by atoms with Crippen molar-refractivity contribution in [1.29, 1.82) is 0 Å². The second kappa shape index (κ2) is 5.49. The maximum absolute atomic E-state index is 12.0. The average molecular weight is 300 g/mol. The van der Waals surface area contributed by atoms with Gasteiger partial charge in [0.2, 0.25) is 0 Å². The number of nitrogens with zero attached hydrogens (tertiary/aromatic N) is 2. The number of carbonyl (C=O) groups is 1. The number of ether oxygens (including phenoxy) is 1. The predicted octanol–water partition coefficient (Wildman–Crippen LogP) is 2.42. The van der Waals surface area contributed by atoms with Crippen LogP contribution in [0.25, 0.3) is 5.65 Å². The fourth-order valence-electron chi connectivity index (χ4n) is 1.99. The molecule has 0 aliphatic rings. The van der Waals surface area contributed by atoms with Gasteiger partial charge >= 0.3 is 5.97 Å². The lowest BCUT2D eigenvalue weighted by atomic mass is 10.3. The van der Waals surface area contributed by atoms with Crippen molar-refractivity contribution < 1.29 is 9.53 Å². The maximum Gasteiger partial charge on any atom is 0.348 e. The van der Waals surface area contributed by atoms with Crippen LogP contribution in [0.1, 0.15) is 20.9 Å². The van der Waals surface area contributed by atoms with Gasteiger partial charge in [0.25, 0.3) is 5.56 Å². The van der Waals surface area contributed by atoms with E-state index in [4.69, 9.17) is 4.74 Å². The average Bonchev–Trinajstić information content (AvgIpc) is 3.00. The Kier molecular flexibility index (Phi) is 3.53. The van der Waals surface area contributed by atoms with Crippen LogP contribution in [0.5, 0.6) is 0 Å². The summed E-state index contributed by atoms with van der Waals surface area (Å²) in [6.45, 7) is 1.86. The van der Waals surface area contributed by atoms with Crippen molar-refractivity contribution in [3.63, 3.8) is 0 Å². The molecule has 0 radical (unpaired) electrons. The molecule has 0 unspecified atom stereocenters. The second-order valence-corrected chi connectivity index (χ2v) is 5.47. The number of thiophene rings is 1. The first kappa shape index (κ1) is 13.5. The molecule has 0 aliphatic carbocycles. The van der Waals surface area contributed by atoms with Gasteiger partial charge < -0.3 is 4.74 Å². The zero-order valence-corrected chi connectivity index (χ0v) is 12.1. The third kappa shape index (κ3) is 2.71. The van der Waals surface area contributed by atoms with Crippen LogP contribution in [-0.2, 0) is 11.3 Å². The molecule has 0 saturated carbocycles. The highest BCUT2D eigenvalue weighted by Gasteiger charge is 2.10. The van der Waals surface area contributed by atoms with Crippen molar-refractivity contribution in [3.8, 4) is 0 Å². The summed E-state index contributed by atoms with van der Waals surface area (Å²) in [5, 5.41) is 1.81. The molecule has 6 heteroatoms. The van der Waals surface area contributed by atoms with Crippen molar-refractivity contribution in [2.45, 2.75) is 13.5 Å². The molecule has 0 fully saturated rings. The van der Waals surface area contributed by atoms with E-state index in [-0.39, 0.29) is 12.2 Å². The van der Waals surface area contributed by atoms with E-state index in [1.54, 1.807) is 29.8 Å². The standard InChI is InChI=1S/C15H12N2O3S/c1-10-4-2-6-17-13(18)8-11(16-14(10)17)9-20-15(19)12-5-3-7-21-12/h2-8H,9H2,1H3. The van der Waals surface area contributed by atoms with Gasteiger partial charge in [-0.15, -0.1) is 11.3 Å². The molecule has 0 bridgehead atoms. The normalized spacial score (nSPS) is 10.7. The number of pyridine rings is 1. The van der Waals surface area contributed by atoms with Gasteiger partial charge in [-0.1, -0.05) is 12.1 Å². The van der Waals surface area contributed by atoms with Gasteiger partial charge in [0.05, 0.1) is 5.69 Å². The highest BCUT2D eigenvalue weighted by atomic mass is 32.1. The zero-order chi connectivity index (χ0) is 14.8. The van der Waals surface area contributed by atoms with Crippen LogP contribution in [0, 0.1) is 6.92 Å². The van der Waals surface area contributed by atoms with Gasteiger partial charge in [-0.2, -0.15) is 0 Å².